The number of ether oxygens (including phenoxy) is 1. The number of rotatable bonds is 5. The zero-order valence-corrected chi connectivity index (χ0v) is 13.8. The van der Waals surface area contributed by atoms with Gasteiger partial charge in [-0.3, -0.25) is 0 Å². The van der Waals surface area contributed by atoms with Gasteiger partial charge >= 0.3 is 6.36 Å². The molecular formula is C16H16F3NO3S. The maximum absolute atomic E-state index is 12.4. The van der Waals surface area contributed by atoms with Crippen molar-refractivity contribution in [3.05, 3.63) is 59.7 Å². The molecule has 0 saturated heterocycles. The van der Waals surface area contributed by atoms with Gasteiger partial charge < -0.3 is 4.74 Å². The molecule has 1 N–H and O–H groups in total. The third-order valence-electron chi connectivity index (χ3n) is 3.27. The van der Waals surface area contributed by atoms with Crippen LogP contribution < -0.4 is 9.46 Å². The zero-order chi connectivity index (χ0) is 18.0. The molecule has 130 valence electrons. The highest BCUT2D eigenvalue weighted by atomic mass is 32.2. The monoisotopic (exact) mass is 359 g/mol. The number of hydrogen-bond acceptors (Lipinski definition) is 3. The number of alkyl halides is 3. The van der Waals surface area contributed by atoms with E-state index in [2.05, 4.69) is 9.46 Å². The topological polar surface area (TPSA) is 55.4 Å². The summed E-state index contributed by atoms with van der Waals surface area (Å²) >= 11 is 0. The molecule has 0 fully saturated rings. The minimum absolute atomic E-state index is 0.568. The van der Waals surface area contributed by atoms with Crippen LogP contribution in [0.3, 0.4) is 0 Å². The molecule has 0 spiro atoms. The molecule has 0 saturated carbocycles. The second kappa shape index (κ2) is 6.82. The summed E-state index contributed by atoms with van der Waals surface area (Å²) in [4.78, 5) is -0.568. The summed E-state index contributed by atoms with van der Waals surface area (Å²) in [5, 5.41) is 0. The maximum Gasteiger partial charge on any atom is 0.573 e. The number of benzene rings is 2. The van der Waals surface area contributed by atoms with Crippen molar-refractivity contribution in [3.8, 4) is 5.75 Å². The van der Waals surface area contributed by atoms with Gasteiger partial charge in [0, 0.05) is 6.04 Å². The third-order valence-corrected chi connectivity index (χ3v) is 4.85. The molecule has 2 rings (SSSR count). The van der Waals surface area contributed by atoms with Crippen LogP contribution in [-0.4, -0.2) is 14.8 Å². The Labute approximate surface area is 138 Å². The first kappa shape index (κ1) is 18.3. The Bertz CT molecular complexity index is 802. The molecule has 4 nitrogen and oxygen atoms in total. The second-order valence-electron chi connectivity index (χ2n) is 5.25. The summed E-state index contributed by atoms with van der Waals surface area (Å²) in [6.07, 6.45) is -4.98. The standard InChI is InChI=1S/C16H16F3NO3S/c1-11-7-9-13(10-8-11)12(2)20-24(21,22)15-6-4-3-5-14(15)23-16(17,18)19/h3-10,12,20H,1-2H3. The molecule has 8 heteroatoms. The minimum Gasteiger partial charge on any atom is -0.404 e. The van der Waals surface area contributed by atoms with Crippen LogP contribution >= 0.6 is 0 Å². The predicted octanol–water partition coefficient (Wildman–Crippen LogP) is 3.93. The summed E-state index contributed by atoms with van der Waals surface area (Å²) in [6.45, 7) is 3.50. The van der Waals surface area contributed by atoms with Crippen molar-refractivity contribution < 1.29 is 26.3 Å². The summed E-state index contributed by atoms with van der Waals surface area (Å²) in [5.74, 6) is -0.770. The molecular weight excluding hydrogens is 343 g/mol. The van der Waals surface area contributed by atoms with Gasteiger partial charge in [-0.05, 0) is 31.5 Å². The van der Waals surface area contributed by atoms with E-state index >= 15 is 0 Å². The Balaban J connectivity index is 2.29. The summed E-state index contributed by atoms with van der Waals surface area (Å²) < 4.78 is 68.3. The highest BCUT2D eigenvalue weighted by molar-refractivity contribution is 7.89. The van der Waals surface area contributed by atoms with Crippen molar-refractivity contribution in [2.45, 2.75) is 31.1 Å². The Morgan fingerprint density at radius 1 is 1.04 bits per heavy atom. The third kappa shape index (κ3) is 4.72. The number of nitrogens with one attached hydrogen (secondary N) is 1. The van der Waals surface area contributed by atoms with Gasteiger partial charge in [0.2, 0.25) is 10.0 Å². The van der Waals surface area contributed by atoms with E-state index < -0.39 is 33.1 Å². The van der Waals surface area contributed by atoms with E-state index in [4.69, 9.17) is 0 Å². The van der Waals surface area contributed by atoms with Crippen LogP contribution in [0.25, 0.3) is 0 Å². The van der Waals surface area contributed by atoms with E-state index in [0.717, 1.165) is 17.7 Å². The summed E-state index contributed by atoms with van der Waals surface area (Å²) in [6, 6.07) is 11.1. The van der Waals surface area contributed by atoms with Crippen LogP contribution in [0, 0.1) is 6.92 Å². The van der Waals surface area contributed by atoms with Gasteiger partial charge in [0.05, 0.1) is 0 Å². The molecule has 0 bridgehead atoms. The smallest absolute Gasteiger partial charge is 0.404 e. The molecule has 0 aliphatic rings. The Kier molecular flexibility index (Phi) is 5.19. The van der Waals surface area contributed by atoms with Crippen molar-refractivity contribution in [2.24, 2.45) is 0 Å². The van der Waals surface area contributed by atoms with Gasteiger partial charge in [0.15, 0.2) is 0 Å². The predicted molar refractivity (Wildman–Crippen MR) is 83.0 cm³/mol. The molecule has 0 radical (unpaired) electrons. The van der Waals surface area contributed by atoms with Crippen LogP contribution in [0.4, 0.5) is 13.2 Å². The lowest BCUT2D eigenvalue weighted by Crippen LogP contribution is -2.28. The fourth-order valence-corrected chi connectivity index (χ4v) is 3.46. The SMILES string of the molecule is Cc1ccc(C(C)NS(=O)(=O)c2ccccc2OC(F)(F)F)cc1. The van der Waals surface area contributed by atoms with Crippen molar-refractivity contribution in [1.29, 1.82) is 0 Å². The van der Waals surface area contributed by atoms with Gasteiger partial charge in [-0.15, -0.1) is 13.2 Å². The van der Waals surface area contributed by atoms with Crippen LogP contribution in [-0.2, 0) is 10.0 Å². The molecule has 0 aliphatic carbocycles. The molecule has 0 aromatic heterocycles. The molecule has 0 aliphatic heterocycles. The fraction of sp³-hybridized carbons (Fsp3) is 0.250. The first-order valence-electron chi connectivity index (χ1n) is 7.02. The van der Waals surface area contributed by atoms with E-state index in [1.54, 1.807) is 19.1 Å². The Morgan fingerprint density at radius 2 is 1.62 bits per heavy atom. The summed E-state index contributed by atoms with van der Waals surface area (Å²) in [7, 11) is -4.20. The average Bonchev–Trinajstić information content (AvgIpc) is 2.46. The van der Waals surface area contributed by atoms with Crippen LogP contribution in [0.1, 0.15) is 24.1 Å². The van der Waals surface area contributed by atoms with E-state index in [-0.39, 0.29) is 0 Å². The van der Waals surface area contributed by atoms with Crippen LogP contribution in [0.2, 0.25) is 0 Å². The largest absolute Gasteiger partial charge is 0.573 e. The lowest BCUT2D eigenvalue weighted by molar-refractivity contribution is -0.275. The first-order valence-corrected chi connectivity index (χ1v) is 8.50. The van der Waals surface area contributed by atoms with Crippen LogP contribution in [0.5, 0.6) is 5.75 Å². The second-order valence-corrected chi connectivity index (χ2v) is 6.93. The van der Waals surface area contributed by atoms with E-state index in [1.165, 1.54) is 12.1 Å². The lowest BCUT2D eigenvalue weighted by Gasteiger charge is -2.17. The first-order chi connectivity index (χ1) is 11.1. The fourth-order valence-electron chi connectivity index (χ4n) is 2.10. The van der Waals surface area contributed by atoms with Gasteiger partial charge in [-0.2, -0.15) is 0 Å². The highest BCUT2D eigenvalue weighted by Crippen LogP contribution is 2.30. The van der Waals surface area contributed by atoms with Gasteiger partial charge in [-0.1, -0.05) is 42.0 Å². The number of hydrogen-bond donors (Lipinski definition) is 1. The summed E-state index contributed by atoms with van der Waals surface area (Å²) in [5.41, 5.74) is 1.70. The molecule has 1 atom stereocenters. The molecule has 0 amide bonds. The molecule has 24 heavy (non-hydrogen) atoms. The zero-order valence-electron chi connectivity index (χ0n) is 13.0. The molecule has 1 unspecified atom stereocenters. The molecule has 0 heterocycles. The van der Waals surface area contributed by atoms with Crippen LogP contribution in [0.15, 0.2) is 53.4 Å². The number of aryl methyl sites for hydroxylation is 1. The highest BCUT2D eigenvalue weighted by Gasteiger charge is 2.34. The lowest BCUT2D eigenvalue weighted by atomic mass is 10.1. The maximum atomic E-state index is 12.4. The van der Waals surface area contributed by atoms with E-state index in [1.807, 2.05) is 19.1 Å². The van der Waals surface area contributed by atoms with Crippen molar-refractivity contribution in [2.75, 3.05) is 0 Å². The Hall–Kier alpha value is -2.06. The van der Waals surface area contributed by atoms with E-state index in [0.29, 0.717) is 5.56 Å². The van der Waals surface area contributed by atoms with Gasteiger partial charge in [0.25, 0.3) is 0 Å². The van der Waals surface area contributed by atoms with Crippen molar-refractivity contribution in [3.63, 3.8) is 0 Å². The number of halogens is 3. The minimum atomic E-state index is -4.98. The number of sulfonamides is 1. The normalized spacial score (nSPS) is 13.5. The quantitative estimate of drug-likeness (QED) is 0.880. The number of para-hydroxylation sites is 1. The van der Waals surface area contributed by atoms with Crippen molar-refractivity contribution in [1.82, 2.24) is 4.72 Å². The molecule has 2 aromatic rings. The van der Waals surface area contributed by atoms with Gasteiger partial charge in [0.1, 0.15) is 10.6 Å². The molecule has 2 aromatic carbocycles. The van der Waals surface area contributed by atoms with Crippen molar-refractivity contribution >= 4 is 10.0 Å². The average molecular weight is 359 g/mol. The van der Waals surface area contributed by atoms with E-state index in [9.17, 15) is 21.6 Å². The van der Waals surface area contributed by atoms with Gasteiger partial charge in [-0.25, -0.2) is 13.1 Å². The Morgan fingerprint density at radius 3 is 2.21 bits per heavy atom.